The van der Waals surface area contributed by atoms with Crippen molar-refractivity contribution in [2.24, 2.45) is 0 Å². The van der Waals surface area contributed by atoms with E-state index in [9.17, 15) is 13.2 Å². The molecule has 0 aromatic carbocycles. The van der Waals surface area contributed by atoms with Crippen LogP contribution < -0.4 is 4.74 Å². The van der Waals surface area contributed by atoms with Gasteiger partial charge in [-0.2, -0.15) is 13.2 Å². The van der Waals surface area contributed by atoms with Crippen LogP contribution in [0.2, 0.25) is 0 Å². The molecule has 0 bridgehead atoms. The highest BCUT2D eigenvalue weighted by Gasteiger charge is 2.35. The summed E-state index contributed by atoms with van der Waals surface area (Å²) in [6, 6.07) is 0. The Morgan fingerprint density at radius 1 is 1.46 bits per heavy atom. The van der Waals surface area contributed by atoms with Gasteiger partial charge < -0.3 is 4.74 Å². The molecule has 0 unspecified atom stereocenters. The van der Waals surface area contributed by atoms with E-state index in [1.807, 2.05) is 0 Å². The Labute approximate surface area is 77.1 Å². The van der Waals surface area contributed by atoms with Gasteiger partial charge in [-0.15, -0.1) is 17.8 Å². The minimum absolute atomic E-state index is 0.153. The third-order valence-corrected chi connectivity index (χ3v) is 1.96. The molecular formula is C8H5F3OS. The average molecular weight is 206 g/mol. The van der Waals surface area contributed by atoms with Crippen molar-refractivity contribution in [3.8, 4) is 18.1 Å². The highest BCUT2D eigenvalue weighted by Crippen LogP contribution is 2.38. The molecule has 0 fully saturated rings. The number of terminal acetylenes is 1. The van der Waals surface area contributed by atoms with Gasteiger partial charge in [0.15, 0.2) is 0 Å². The quantitative estimate of drug-likeness (QED) is 0.676. The van der Waals surface area contributed by atoms with Gasteiger partial charge in [0.1, 0.15) is 17.9 Å². The van der Waals surface area contributed by atoms with Crippen molar-refractivity contribution in [1.29, 1.82) is 0 Å². The molecule has 1 heterocycles. The Bertz CT molecular complexity index is 321. The fourth-order valence-corrected chi connectivity index (χ4v) is 1.50. The molecule has 0 spiro atoms. The summed E-state index contributed by atoms with van der Waals surface area (Å²) in [5, 5.41) is 2.27. The molecule has 1 aromatic rings. The number of ether oxygens (including phenoxy) is 1. The van der Waals surface area contributed by atoms with Crippen LogP contribution in [0.5, 0.6) is 5.75 Å². The van der Waals surface area contributed by atoms with Crippen molar-refractivity contribution >= 4 is 11.3 Å². The highest BCUT2D eigenvalue weighted by atomic mass is 32.1. The van der Waals surface area contributed by atoms with Gasteiger partial charge in [-0.25, -0.2) is 0 Å². The summed E-state index contributed by atoms with van der Waals surface area (Å²) in [5.74, 6) is 1.90. The van der Waals surface area contributed by atoms with Gasteiger partial charge in [0, 0.05) is 10.8 Å². The number of alkyl halides is 3. The second-order valence-corrected chi connectivity index (χ2v) is 2.88. The fraction of sp³-hybridized carbons (Fsp3) is 0.250. The van der Waals surface area contributed by atoms with Gasteiger partial charge in [-0.05, 0) is 0 Å². The molecule has 0 amide bonds. The first-order chi connectivity index (χ1) is 6.05. The molecule has 1 rings (SSSR count). The molecule has 5 heteroatoms. The zero-order valence-corrected chi connectivity index (χ0v) is 7.21. The second-order valence-electron chi connectivity index (χ2n) is 2.14. The Morgan fingerprint density at radius 3 is 2.69 bits per heavy atom. The maximum atomic E-state index is 12.2. The minimum atomic E-state index is -4.37. The van der Waals surface area contributed by atoms with Gasteiger partial charge in [-0.1, -0.05) is 5.92 Å². The number of halogens is 3. The van der Waals surface area contributed by atoms with E-state index in [1.54, 1.807) is 0 Å². The minimum Gasteiger partial charge on any atom is -0.479 e. The van der Waals surface area contributed by atoms with Crippen LogP contribution in [0.3, 0.4) is 0 Å². The van der Waals surface area contributed by atoms with E-state index in [4.69, 9.17) is 11.2 Å². The molecule has 0 radical (unpaired) electrons. The van der Waals surface area contributed by atoms with E-state index in [-0.39, 0.29) is 12.4 Å². The van der Waals surface area contributed by atoms with E-state index in [0.29, 0.717) is 0 Å². The van der Waals surface area contributed by atoms with Gasteiger partial charge in [0.25, 0.3) is 0 Å². The van der Waals surface area contributed by atoms with Crippen molar-refractivity contribution in [2.45, 2.75) is 6.18 Å². The average Bonchev–Trinajstić information content (AvgIpc) is 2.47. The molecular weight excluding hydrogens is 201 g/mol. The number of hydrogen-bond acceptors (Lipinski definition) is 2. The van der Waals surface area contributed by atoms with Crippen LogP contribution in [0.1, 0.15) is 5.56 Å². The predicted octanol–water partition coefficient (Wildman–Crippen LogP) is 2.78. The Morgan fingerprint density at radius 2 is 2.15 bits per heavy atom. The first-order valence-corrected chi connectivity index (χ1v) is 4.19. The maximum Gasteiger partial charge on any atom is 0.420 e. The SMILES string of the molecule is C#CCOc1cscc1C(F)(F)F. The van der Waals surface area contributed by atoms with Crippen LogP contribution in [0.15, 0.2) is 10.8 Å². The van der Waals surface area contributed by atoms with Gasteiger partial charge in [-0.3, -0.25) is 0 Å². The van der Waals surface area contributed by atoms with Crippen LogP contribution in [-0.2, 0) is 6.18 Å². The van der Waals surface area contributed by atoms with Crippen molar-refractivity contribution in [2.75, 3.05) is 6.61 Å². The lowest BCUT2D eigenvalue weighted by atomic mass is 10.3. The third kappa shape index (κ3) is 2.39. The van der Waals surface area contributed by atoms with E-state index in [2.05, 4.69) is 5.92 Å². The number of hydrogen-bond donors (Lipinski definition) is 0. The Kier molecular flexibility index (Phi) is 2.83. The van der Waals surface area contributed by atoms with Crippen LogP contribution in [0.4, 0.5) is 13.2 Å². The molecule has 0 aliphatic heterocycles. The Hall–Kier alpha value is -1.15. The standard InChI is InChI=1S/C8H5F3OS/c1-2-3-12-7-5-13-4-6(7)8(9,10)11/h1,4-5H,3H2. The zero-order valence-electron chi connectivity index (χ0n) is 6.39. The summed E-state index contributed by atoms with van der Waals surface area (Å²) in [6.45, 7) is -0.153. The Balaban J connectivity index is 2.85. The number of rotatable bonds is 2. The molecule has 70 valence electrons. The van der Waals surface area contributed by atoms with Crippen LogP contribution in [0, 0.1) is 12.3 Å². The lowest BCUT2D eigenvalue weighted by Crippen LogP contribution is -2.06. The van der Waals surface area contributed by atoms with Crippen molar-refractivity contribution in [3.63, 3.8) is 0 Å². The van der Waals surface area contributed by atoms with E-state index < -0.39 is 11.7 Å². The summed E-state index contributed by atoms with van der Waals surface area (Å²) in [6.07, 6.45) is 0.480. The zero-order chi connectivity index (χ0) is 9.90. The van der Waals surface area contributed by atoms with Crippen molar-refractivity contribution in [1.82, 2.24) is 0 Å². The third-order valence-electron chi connectivity index (χ3n) is 1.24. The molecule has 0 aliphatic rings. The van der Waals surface area contributed by atoms with Crippen molar-refractivity contribution < 1.29 is 17.9 Å². The summed E-state index contributed by atoms with van der Waals surface area (Å²) >= 11 is 0.930. The lowest BCUT2D eigenvalue weighted by Gasteiger charge is -2.07. The molecule has 13 heavy (non-hydrogen) atoms. The van der Waals surface area contributed by atoms with E-state index in [1.165, 1.54) is 5.38 Å². The molecule has 1 aromatic heterocycles. The first kappa shape index (κ1) is 9.93. The monoisotopic (exact) mass is 206 g/mol. The predicted molar refractivity (Wildman–Crippen MR) is 43.6 cm³/mol. The number of thiophene rings is 1. The molecule has 0 aliphatic carbocycles. The molecule has 0 saturated carbocycles. The molecule has 1 nitrogen and oxygen atoms in total. The molecule has 0 N–H and O–H groups in total. The van der Waals surface area contributed by atoms with E-state index in [0.717, 1.165) is 16.7 Å². The van der Waals surface area contributed by atoms with Gasteiger partial charge >= 0.3 is 6.18 Å². The molecule has 0 saturated heterocycles. The summed E-state index contributed by atoms with van der Waals surface area (Å²) in [7, 11) is 0. The van der Waals surface area contributed by atoms with E-state index >= 15 is 0 Å². The largest absolute Gasteiger partial charge is 0.479 e. The van der Waals surface area contributed by atoms with Crippen molar-refractivity contribution in [3.05, 3.63) is 16.3 Å². The maximum absolute atomic E-state index is 12.2. The summed E-state index contributed by atoms with van der Waals surface area (Å²) < 4.78 is 41.3. The lowest BCUT2D eigenvalue weighted by molar-refractivity contribution is -0.138. The fourth-order valence-electron chi connectivity index (χ4n) is 0.723. The van der Waals surface area contributed by atoms with Crippen LogP contribution in [0.25, 0.3) is 0 Å². The molecule has 0 atom stereocenters. The van der Waals surface area contributed by atoms with Gasteiger partial charge in [0.2, 0.25) is 0 Å². The van der Waals surface area contributed by atoms with Crippen LogP contribution >= 0.6 is 11.3 Å². The highest BCUT2D eigenvalue weighted by molar-refractivity contribution is 7.08. The first-order valence-electron chi connectivity index (χ1n) is 3.25. The van der Waals surface area contributed by atoms with Gasteiger partial charge in [0.05, 0.1) is 0 Å². The second kappa shape index (κ2) is 3.71. The topological polar surface area (TPSA) is 9.23 Å². The summed E-state index contributed by atoms with van der Waals surface area (Å²) in [5.41, 5.74) is -0.771. The normalized spacial score (nSPS) is 10.9. The van der Waals surface area contributed by atoms with Crippen LogP contribution in [-0.4, -0.2) is 6.61 Å². The smallest absolute Gasteiger partial charge is 0.420 e. The summed E-state index contributed by atoms with van der Waals surface area (Å²) in [4.78, 5) is 0.